The van der Waals surface area contributed by atoms with Gasteiger partial charge in [0.25, 0.3) is 0 Å². The molecule has 0 spiro atoms. The van der Waals surface area contributed by atoms with Crippen LogP contribution in [0.15, 0.2) is 12.4 Å². The summed E-state index contributed by atoms with van der Waals surface area (Å²) in [7, 11) is 1.30. The van der Waals surface area contributed by atoms with E-state index in [2.05, 4.69) is 20.8 Å². The van der Waals surface area contributed by atoms with E-state index in [-0.39, 0.29) is 5.69 Å². The second-order valence-corrected chi connectivity index (χ2v) is 3.24. The third-order valence-electron chi connectivity index (χ3n) is 2.22. The zero-order valence-electron chi connectivity index (χ0n) is 9.88. The second-order valence-electron chi connectivity index (χ2n) is 3.24. The van der Waals surface area contributed by atoms with E-state index >= 15 is 0 Å². The van der Waals surface area contributed by atoms with Gasteiger partial charge in [0.15, 0.2) is 5.69 Å². The summed E-state index contributed by atoms with van der Waals surface area (Å²) in [5.74, 6) is 0.0568. The van der Waals surface area contributed by atoms with Crippen LogP contribution in [0.4, 0.5) is 5.82 Å². The van der Waals surface area contributed by atoms with Crippen molar-refractivity contribution < 1.29 is 9.53 Å². The molecule has 17 heavy (non-hydrogen) atoms. The van der Waals surface area contributed by atoms with Gasteiger partial charge in [0.05, 0.1) is 32.0 Å². The molecular formula is C11H14N4O2. The Morgan fingerprint density at radius 1 is 1.59 bits per heavy atom. The summed E-state index contributed by atoms with van der Waals surface area (Å²) < 4.78 is 4.57. The first kappa shape index (κ1) is 12.9. The first-order valence-corrected chi connectivity index (χ1v) is 5.25. The van der Waals surface area contributed by atoms with Gasteiger partial charge in [0.2, 0.25) is 0 Å². The number of carbonyl (C=O) groups is 1. The molecule has 0 aliphatic carbocycles. The molecule has 6 heteroatoms. The highest BCUT2D eigenvalue weighted by Gasteiger charge is 2.11. The molecule has 0 aromatic carbocycles. The lowest BCUT2D eigenvalue weighted by atomic mass is 10.4. The first-order chi connectivity index (χ1) is 8.22. The van der Waals surface area contributed by atoms with E-state index in [0.29, 0.717) is 25.3 Å². The van der Waals surface area contributed by atoms with Crippen LogP contribution in [-0.2, 0) is 4.74 Å². The van der Waals surface area contributed by atoms with E-state index in [4.69, 9.17) is 5.26 Å². The van der Waals surface area contributed by atoms with E-state index in [0.717, 1.165) is 0 Å². The predicted molar refractivity (Wildman–Crippen MR) is 61.5 cm³/mol. The SMILES string of the molecule is CCN(CCC#N)c1cncc(C(=O)OC)n1. The van der Waals surface area contributed by atoms with Crippen molar-refractivity contribution in [3.63, 3.8) is 0 Å². The Hall–Kier alpha value is -2.16. The number of aromatic nitrogens is 2. The van der Waals surface area contributed by atoms with Gasteiger partial charge in [-0.25, -0.2) is 9.78 Å². The van der Waals surface area contributed by atoms with Crippen molar-refractivity contribution in [1.82, 2.24) is 9.97 Å². The van der Waals surface area contributed by atoms with Gasteiger partial charge in [-0.2, -0.15) is 5.26 Å². The Bertz CT molecular complexity index is 428. The van der Waals surface area contributed by atoms with Gasteiger partial charge in [0.1, 0.15) is 5.82 Å². The molecule has 1 aromatic heterocycles. The summed E-state index contributed by atoms with van der Waals surface area (Å²) in [4.78, 5) is 21.3. The zero-order valence-corrected chi connectivity index (χ0v) is 9.88. The quantitative estimate of drug-likeness (QED) is 0.707. The Kier molecular flexibility index (Phi) is 4.88. The Morgan fingerprint density at radius 2 is 2.35 bits per heavy atom. The van der Waals surface area contributed by atoms with Crippen LogP contribution in [-0.4, -0.2) is 36.1 Å². The molecule has 0 N–H and O–H groups in total. The topological polar surface area (TPSA) is 79.1 Å². The van der Waals surface area contributed by atoms with Crippen LogP contribution >= 0.6 is 0 Å². The highest BCUT2D eigenvalue weighted by Crippen LogP contribution is 2.10. The second kappa shape index (κ2) is 6.43. The number of rotatable bonds is 5. The zero-order chi connectivity index (χ0) is 12.7. The van der Waals surface area contributed by atoms with Crippen LogP contribution in [0.25, 0.3) is 0 Å². The van der Waals surface area contributed by atoms with Crippen LogP contribution < -0.4 is 4.90 Å². The van der Waals surface area contributed by atoms with Gasteiger partial charge in [-0.3, -0.25) is 4.98 Å². The van der Waals surface area contributed by atoms with Crippen LogP contribution in [0.1, 0.15) is 23.8 Å². The van der Waals surface area contributed by atoms with Crippen molar-refractivity contribution in [3.8, 4) is 6.07 Å². The van der Waals surface area contributed by atoms with E-state index in [1.165, 1.54) is 13.3 Å². The van der Waals surface area contributed by atoms with Crippen molar-refractivity contribution in [3.05, 3.63) is 18.1 Å². The Morgan fingerprint density at radius 3 is 2.94 bits per heavy atom. The maximum Gasteiger partial charge on any atom is 0.358 e. The van der Waals surface area contributed by atoms with Crippen LogP contribution in [0.5, 0.6) is 0 Å². The van der Waals surface area contributed by atoms with Crippen LogP contribution in [0, 0.1) is 11.3 Å². The highest BCUT2D eigenvalue weighted by molar-refractivity contribution is 5.87. The van der Waals surface area contributed by atoms with E-state index in [9.17, 15) is 4.79 Å². The third kappa shape index (κ3) is 3.41. The number of hydrogen-bond acceptors (Lipinski definition) is 6. The average Bonchev–Trinajstić information content (AvgIpc) is 2.39. The molecule has 0 bridgehead atoms. The summed E-state index contributed by atoms with van der Waals surface area (Å²) in [6.07, 6.45) is 3.32. The molecule has 1 rings (SSSR count). The minimum absolute atomic E-state index is 0.167. The lowest BCUT2D eigenvalue weighted by Crippen LogP contribution is -2.25. The third-order valence-corrected chi connectivity index (χ3v) is 2.22. The van der Waals surface area contributed by atoms with Gasteiger partial charge in [-0.15, -0.1) is 0 Å². The van der Waals surface area contributed by atoms with Crippen molar-refractivity contribution in [2.45, 2.75) is 13.3 Å². The lowest BCUT2D eigenvalue weighted by molar-refractivity contribution is 0.0593. The highest BCUT2D eigenvalue weighted by atomic mass is 16.5. The fourth-order valence-electron chi connectivity index (χ4n) is 1.33. The minimum Gasteiger partial charge on any atom is -0.464 e. The number of carbonyl (C=O) groups excluding carboxylic acids is 1. The minimum atomic E-state index is -0.518. The lowest BCUT2D eigenvalue weighted by Gasteiger charge is -2.20. The van der Waals surface area contributed by atoms with E-state index in [1.54, 1.807) is 6.20 Å². The fraction of sp³-hybridized carbons (Fsp3) is 0.455. The number of esters is 1. The molecule has 1 aromatic rings. The summed E-state index contributed by atoms with van der Waals surface area (Å²) in [6, 6.07) is 2.07. The van der Waals surface area contributed by atoms with E-state index in [1.807, 2.05) is 11.8 Å². The molecule has 0 saturated carbocycles. The predicted octanol–water partition coefficient (Wildman–Crippen LogP) is 1.00. The molecule has 0 fully saturated rings. The molecule has 0 saturated heterocycles. The molecular weight excluding hydrogens is 220 g/mol. The standard InChI is InChI=1S/C11H14N4O2/c1-3-15(6-4-5-12)10-8-13-7-9(14-10)11(16)17-2/h7-8H,3-4,6H2,1-2H3. The van der Waals surface area contributed by atoms with Crippen molar-refractivity contribution in [1.29, 1.82) is 5.26 Å². The smallest absolute Gasteiger partial charge is 0.358 e. The fourth-order valence-corrected chi connectivity index (χ4v) is 1.33. The summed E-state index contributed by atoms with van der Waals surface area (Å²) >= 11 is 0. The number of nitriles is 1. The van der Waals surface area contributed by atoms with Gasteiger partial charge >= 0.3 is 5.97 Å². The monoisotopic (exact) mass is 234 g/mol. The molecule has 1 heterocycles. The molecule has 6 nitrogen and oxygen atoms in total. The van der Waals surface area contributed by atoms with E-state index < -0.39 is 5.97 Å². The normalized spacial score (nSPS) is 9.47. The van der Waals surface area contributed by atoms with Gasteiger partial charge in [-0.05, 0) is 6.92 Å². The van der Waals surface area contributed by atoms with Crippen molar-refractivity contribution >= 4 is 11.8 Å². The van der Waals surface area contributed by atoms with Crippen molar-refractivity contribution in [2.24, 2.45) is 0 Å². The van der Waals surface area contributed by atoms with Crippen molar-refractivity contribution in [2.75, 3.05) is 25.1 Å². The number of anilines is 1. The molecule has 0 unspecified atom stereocenters. The first-order valence-electron chi connectivity index (χ1n) is 5.25. The van der Waals surface area contributed by atoms with Crippen LogP contribution in [0.3, 0.4) is 0 Å². The maximum atomic E-state index is 11.3. The molecule has 0 amide bonds. The molecule has 0 aliphatic heterocycles. The summed E-state index contributed by atoms with van der Waals surface area (Å²) in [5, 5.41) is 8.55. The summed E-state index contributed by atoms with van der Waals surface area (Å²) in [5.41, 5.74) is 0.167. The molecule has 90 valence electrons. The molecule has 0 radical (unpaired) electrons. The largest absolute Gasteiger partial charge is 0.464 e. The average molecular weight is 234 g/mol. The number of methoxy groups -OCH3 is 1. The maximum absolute atomic E-state index is 11.3. The summed E-state index contributed by atoms with van der Waals surface area (Å²) in [6.45, 7) is 3.21. The number of nitrogens with zero attached hydrogens (tertiary/aromatic N) is 4. The van der Waals surface area contributed by atoms with Gasteiger partial charge in [-0.1, -0.05) is 0 Å². The number of hydrogen-bond donors (Lipinski definition) is 0. The molecule has 0 aliphatic rings. The Labute approximate surface area is 99.9 Å². The Balaban J connectivity index is 2.89. The molecule has 0 atom stereocenters. The number of ether oxygens (including phenoxy) is 1. The van der Waals surface area contributed by atoms with Crippen LogP contribution in [0.2, 0.25) is 0 Å². The van der Waals surface area contributed by atoms with Gasteiger partial charge in [0, 0.05) is 13.1 Å². The van der Waals surface area contributed by atoms with Gasteiger partial charge < -0.3 is 9.64 Å².